The molecule has 3 nitrogen and oxygen atoms in total. The molecular formula is C12H17N3. The molecule has 0 saturated heterocycles. The smallest absolute Gasteiger partial charge is 0.128 e. The van der Waals surface area contributed by atoms with Crippen molar-refractivity contribution in [2.24, 2.45) is 0 Å². The minimum Gasteiger partial charge on any atom is -0.398 e. The van der Waals surface area contributed by atoms with E-state index in [0.717, 1.165) is 29.9 Å². The molecule has 1 atom stereocenters. The van der Waals surface area contributed by atoms with Crippen molar-refractivity contribution in [3.63, 3.8) is 0 Å². The summed E-state index contributed by atoms with van der Waals surface area (Å²) in [5.41, 5.74) is 7.67. The third kappa shape index (κ3) is 2.49. The van der Waals surface area contributed by atoms with Gasteiger partial charge in [0, 0.05) is 24.0 Å². The largest absolute Gasteiger partial charge is 0.398 e. The molecule has 2 rings (SSSR count). The first-order valence-electron chi connectivity index (χ1n) is 5.39. The van der Waals surface area contributed by atoms with Crippen LogP contribution < -0.4 is 11.1 Å². The van der Waals surface area contributed by atoms with Crippen LogP contribution >= 0.6 is 0 Å². The SMILES string of the molecule is Cc1cnc(NC2CC=CCC2)cc1N. The second kappa shape index (κ2) is 4.34. The zero-order valence-electron chi connectivity index (χ0n) is 9.03. The van der Waals surface area contributed by atoms with E-state index in [-0.39, 0.29) is 0 Å². The summed E-state index contributed by atoms with van der Waals surface area (Å²) >= 11 is 0. The van der Waals surface area contributed by atoms with Gasteiger partial charge in [-0.15, -0.1) is 0 Å². The normalized spacial score (nSPS) is 20.2. The maximum absolute atomic E-state index is 5.83. The topological polar surface area (TPSA) is 50.9 Å². The quantitative estimate of drug-likeness (QED) is 0.726. The van der Waals surface area contributed by atoms with E-state index in [0.29, 0.717) is 6.04 Å². The van der Waals surface area contributed by atoms with E-state index in [1.807, 2.05) is 19.2 Å². The predicted molar refractivity (Wildman–Crippen MR) is 63.8 cm³/mol. The monoisotopic (exact) mass is 203 g/mol. The molecular weight excluding hydrogens is 186 g/mol. The van der Waals surface area contributed by atoms with Crippen LogP contribution in [0.3, 0.4) is 0 Å². The lowest BCUT2D eigenvalue weighted by atomic mass is 10.0. The minimum atomic E-state index is 0.504. The van der Waals surface area contributed by atoms with Gasteiger partial charge in [0.2, 0.25) is 0 Å². The number of pyridine rings is 1. The van der Waals surface area contributed by atoms with Gasteiger partial charge in [-0.1, -0.05) is 12.2 Å². The van der Waals surface area contributed by atoms with Gasteiger partial charge >= 0.3 is 0 Å². The molecule has 1 heterocycles. The van der Waals surface area contributed by atoms with E-state index in [4.69, 9.17) is 5.73 Å². The number of rotatable bonds is 2. The molecule has 0 fully saturated rings. The summed E-state index contributed by atoms with van der Waals surface area (Å²) in [5.74, 6) is 0.887. The number of nitrogens with one attached hydrogen (secondary N) is 1. The molecule has 3 heteroatoms. The van der Waals surface area contributed by atoms with Crippen molar-refractivity contribution in [1.29, 1.82) is 0 Å². The number of nitrogens with zero attached hydrogens (tertiary/aromatic N) is 1. The summed E-state index contributed by atoms with van der Waals surface area (Å²) in [4.78, 5) is 4.32. The first-order valence-corrected chi connectivity index (χ1v) is 5.39. The standard InChI is InChI=1S/C12H17N3/c1-9-8-14-12(7-11(9)13)15-10-5-3-2-4-6-10/h2-3,7-8,10H,4-6H2,1H3,(H3,13,14,15). The lowest BCUT2D eigenvalue weighted by Gasteiger charge is -2.20. The first-order chi connectivity index (χ1) is 7.25. The summed E-state index contributed by atoms with van der Waals surface area (Å²) in [7, 11) is 0. The summed E-state index contributed by atoms with van der Waals surface area (Å²) in [5, 5.41) is 3.41. The maximum atomic E-state index is 5.83. The average Bonchev–Trinajstić information content (AvgIpc) is 2.25. The average molecular weight is 203 g/mol. The van der Waals surface area contributed by atoms with Crippen LogP contribution in [0.1, 0.15) is 24.8 Å². The van der Waals surface area contributed by atoms with Crippen molar-refractivity contribution in [2.75, 3.05) is 11.1 Å². The Morgan fingerprint density at radius 3 is 3.00 bits per heavy atom. The summed E-state index contributed by atoms with van der Waals surface area (Å²) in [6, 6.07) is 2.41. The fraction of sp³-hybridized carbons (Fsp3) is 0.417. The van der Waals surface area contributed by atoms with Gasteiger partial charge in [-0.2, -0.15) is 0 Å². The van der Waals surface area contributed by atoms with Crippen LogP contribution in [0, 0.1) is 6.92 Å². The van der Waals surface area contributed by atoms with Gasteiger partial charge in [-0.25, -0.2) is 4.98 Å². The van der Waals surface area contributed by atoms with Gasteiger partial charge in [0.1, 0.15) is 5.82 Å². The highest BCUT2D eigenvalue weighted by Gasteiger charge is 2.10. The van der Waals surface area contributed by atoms with Gasteiger partial charge in [-0.05, 0) is 31.7 Å². The molecule has 0 radical (unpaired) electrons. The van der Waals surface area contributed by atoms with E-state index in [1.54, 1.807) is 0 Å². The van der Waals surface area contributed by atoms with Crippen LogP contribution in [0.4, 0.5) is 11.5 Å². The Hall–Kier alpha value is -1.51. The van der Waals surface area contributed by atoms with Crippen LogP contribution in [0.2, 0.25) is 0 Å². The van der Waals surface area contributed by atoms with Crippen LogP contribution in [-0.4, -0.2) is 11.0 Å². The Kier molecular flexibility index (Phi) is 2.90. The van der Waals surface area contributed by atoms with Crippen LogP contribution in [0.5, 0.6) is 0 Å². The Morgan fingerprint density at radius 2 is 2.33 bits per heavy atom. The number of allylic oxidation sites excluding steroid dienone is 1. The molecule has 1 aliphatic rings. The highest BCUT2D eigenvalue weighted by atomic mass is 15.0. The number of hydrogen-bond donors (Lipinski definition) is 2. The number of hydrogen-bond acceptors (Lipinski definition) is 3. The van der Waals surface area contributed by atoms with E-state index < -0.39 is 0 Å². The molecule has 0 aliphatic heterocycles. The number of nitrogens with two attached hydrogens (primary N) is 1. The predicted octanol–water partition coefficient (Wildman–Crippen LogP) is 2.49. The summed E-state index contributed by atoms with van der Waals surface area (Å²) < 4.78 is 0. The van der Waals surface area contributed by atoms with Crippen molar-refractivity contribution in [3.05, 3.63) is 30.0 Å². The lowest BCUT2D eigenvalue weighted by molar-refractivity contribution is 0.642. The third-order valence-electron chi connectivity index (χ3n) is 2.77. The van der Waals surface area contributed by atoms with Gasteiger partial charge in [0.15, 0.2) is 0 Å². The third-order valence-corrected chi connectivity index (χ3v) is 2.77. The molecule has 80 valence electrons. The van der Waals surface area contributed by atoms with E-state index in [2.05, 4.69) is 22.5 Å². The van der Waals surface area contributed by atoms with E-state index in [1.165, 1.54) is 6.42 Å². The minimum absolute atomic E-state index is 0.504. The number of nitrogen functional groups attached to an aromatic ring is 1. The second-order valence-corrected chi connectivity index (χ2v) is 4.05. The van der Waals surface area contributed by atoms with Gasteiger partial charge in [0.25, 0.3) is 0 Å². The Morgan fingerprint density at radius 1 is 1.47 bits per heavy atom. The Labute approximate surface area is 90.4 Å². The summed E-state index contributed by atoms with van der Waals surface area (Å²) in [6.07, 6.45) is 9.67. The molecule has 1 unspecified atom stereocenters. The Balaban J connectivity index is 2.04. The highest BCUT2D eigenvalue weighted by molar-refractivity contribution is 5.53. The molecule has 3 N–H and O–H groups in total. The molecule has 1 aliphatic carbocycles. The van der Waals surface area contributed by atoms with Gasteiger partial charge < -0.3 is 11.1 Å². The number of aromatic nitrogens is 1. The van der Waals surface area contributed by atoms with Crippen LogP contribution in [0.25, 0.3) is 0 Å². The van der Waals surface area contributed by atoms with Crippen molar-refractivity contribution in [2.45, 2.75) is 32.2 Å². The zero-order chi connectivity index (χ0) is 10.7. The molecule has 0 bridgehead atoms. The fourth-order valence-corrected chi connectivity index (χ4v) is 1.75. The fourth-order valence-electron chi connectivity index (χ4n) is 1.75. The van der Waals surface area contributed by atoms with Crippen molar-refractivity contribution in [1.82, 2.24) is 4.98 Å². The van der Waals surface area contributed by atoms with Crippen LogP contribution in [0.15, 0.2) is 24.4 Å². The first kappa shape index (κ1) is 10.0. The highest BCUT2D eigenvalue weighted by Crippen LogP contribution is 2.18. The van der Waals surface area contributed by atoms with Gasteiger partial charge in [-0.3, -0.25) is 0 Å². The van der Waals surface area contributed by atoms with Gasteiger partial charge in [0.05, 0.1) is 0 Å². The number of anilines is 2. The molecule has 0 aromatic carbocycles. The van der Waals surface area contributed by atoms with Crippen molar-refractivity contribution in [3.8, 4) is 0 Å². The molecule has 1 aromatic rings. The van der Waals surface area contributed by atoms with Crippen molar-refractivity contribution < 1.29 is 0 Å². The second-order valence-electron chi connectivity index (χ2n) is 4.05. The lowest BCUT2D eigenvalue weighted by Crippen LogP contribution is -2.21. The molecule has 1 aromatic heterocycles. The van der Waals surface area contributed by atoms with E-state index >= 15 is 0 Å². The molecule has 0 saturated carbocycles. The molecule has 15 heavy (non-hydrogen) atoms. The maximum Gasteiger partial charge on any atom is 0.128 e. The Bertz CT molecular complexity index is 371. The zero-order valence-corrected chi connectivity index (χ0v) is 9.03. The molecule has 0 amide bonds. The van der Waals surface area contributed by atoms with Crippen LogP contribution in [-0.2, 0) is 0 Å². The number of aryl methyl sites for hydroxylation is 1. The van der Waals surface area contributed by atoms with Crippen molar-refractivity contribution >= 4 is 11.5 Å². The summed E-state index contributed by atoms with van der Waals surface area (Å²) in [6.45, 7) is 1.97. The van der Waals surface area contributed by atoms with E-state index in [9.17, 15) is 0 Å². The molecule has 0 spiro atoms.